The number of hydrogen-bond acceptors (Lipinski definition) is 6. The summed E-state index contributed by atoms with van der Waals surface area (Å²) in [7, 11) is 0. The van der Waals surface area contributed by atoms with Crippen molar-refractivity contribution >= 4 is 39.4 Å². The number of amides is 3. The standard InChI is InChI=1S/C25H27N7O2S/c1-16-7-8-20-19(13-16)17(15-28-20)9-11-27-23(33)22-24(35-31-30-22)29-25(34)32-12-3-2-6-21(32)18-5-4-10-26-14-18/h4-5,7-8,10,13-15,21,28H,2-3,6,9,11-12H2,1H3,(H,27,33)(H,29,34)/t21-/m1/s1. The zero-order valence-corrected chi connectivity index (χ0v) is 20.3. The summed E-state index contributed by atoms with van der Waals surface area (Å²) in [4.78, 5) is 35.3. The van der Waals surface area contributed by atoms with Crippen molar-refractivity contribution < 1.29 is 9.59 Å². The number of hydrogen-bond donors (Lipinski definition) is 3. The van der Waals surface area contributed by atoms with E-state index in [0.717, 1.165) is 52.8 Å². The summed E-state index contributed by atoms with van der Waals surface area (Å²) in [5.41, 5.74) is 4.55. The van der Waals surface area contributed by atoms with Crippen LogP contribution in [0.15, 0.2) is 48.9 Å². The molecular weight excluding hydrogens is 462 g/mol. The Labute approximate surface area is 207 Å². The van der Waals surface area contributed by atoms with E-state index >= 15 is 0 Å². The Kier molecular flexibility index (Phi) is 6.71. The summed E-state index contributed by atoms with van der Waals surface area (Å²) in [6.07, 6.45) is 9.04. The molecule has 0 spiro atoms. The molecule has 3 aromatic heterocycles. The fourth-order valence-electron chi connectivity index (χ4n) is 4.58. The van der Waals surface area contributed by atoms with Gasteiger partial charge in [-0.05, 0) is 61.9 Å². The first-order valence-electron chi connectivity index (χ1n) is 11.7. The molecule has 1 aromatic carbocycles. The average molecular weight is 490 g/mol. The lowest BCUT2D eigenvalue weighted by Crippen LogP contribution is -2.41. The van der Waals surface area contributed by atoms with Crippen molar-refractivity contribution in [1.82, 2.24) is 29.8 Å². The fraction of sp³-hybridized carbons (Fsp3) is 0.320. The van der Waals surface area contributed by atoms with Crippen LogP contribution >= 0.6 is 11.5 Å². The molecular formula is C25H27N7O2S. The van der Waals surface area contributed by atoms with Gasteiger partial charge in [0.05, 0.1) is 6.04 Å². The first kappa shape index (κ1) is 23.0. The fourth-order valence-corrected chi connectivity index (χ4v) is 5.14. The van der Waals surface area contributed by atoms with E-state index in [1.807, 2.05) is 18.3 Å². The number of aromatic amines is 1. The molecule has 5 rings (SSSR count). The Bertz CT molecular complexity index is 1330. The molecule has 0 unspecified atom stereocenters. The number of carbonyl (C=O) groups is 2. The minimum absolute atomic E-state index is 0.0459. The van der Waals surface area contributed by atoms with Gasteiger partial charge in [0.25, 0.3) is 5.91 Å². The largest absolute Gasteiger partial charge is 0.361 e. The molecule has 9 nitrogen and oxygen atoms in total. The third-order valence-electron chi connectivity index (χ3n) is 6.36. The minimum atomic E-state index is -0.354. The Balaban J connectivity index is 1.22. The molecule has 35 heavy (non-hydrogen) atoms. The average Bonchev–Trinajstić information content (AvgIpc) is 3.51. The predicted molar refractivity (Wildman–Crippen MR) is 136 cm³/mol. The quantitative estimate of drug-likeness (QED) is 0.370. The molecule has 1 saturated heterocycles. The number of carbonyl (C=O) groups excluding carboxylic acids is 2. The molecule has 3 amide bonds. The number of aryl methyl sites for hydroxylation is 1. The number of anilines is 1. The summed E-state index contributed by atoms with van der Waals surface area (Å²) in [5, 5.41) is 11.3. The molecule has 0 bridgehead atoms. The highest BCUT2D eigenvalue weighted by atomic mass is 32.1. The van der Waals surface area contributed by atoms with Crippen LogP contribution in [0.5, 0.6) is 0 Å². The van der Waals surface area contributed by atoms with Crippen LogP contribution in [-0.4, -0.2) is 49.5 Å². The van der Waals surface area contributed by atoms with E-state index in [4.69, 9.17) is 0 Å². The van der Waals surface area contributed by atoms with Gasteiger partial charge < -0.3 is 15.2 Å². The number of H-pyrrole nitrogens is 1. The van der Waals surface area contributed by atoms with Gasteiger partial charge in [0, 0.05) is 54.1 Å². The zero-order valence-electron chi connectivity index (χ0n) is 19.5. The molecule has 0 saturated carbocycles. The van der Waals surface area contributed by atoms with Crippen LogP contribution in [0.4, 0.5) is 9.80 Å². The molecule has 1 fully saturated rings. The summed E-state index contributed by atoms with van der Waals surface area (Å²) in [5.74, 6) is -0.354. The van der Waals surface area contributed by atoms with Crippen molar-refractivity contribution in [2.75, 3.05) is 18.4 Å². The maximum absolute atomic E-state index is 13.2. The molecule has 0 aliphatic carbocycles. The SMILES string of the molecule is Cc1ccc2[nH]cc(CCNC(=O)c3nnsc3NC(=O)N3CCCC[C@@H]3c3cccnc3)c2c1. The maximum Gasteiger partial charge on any atom is 0.323 e. The highest BCUT2D eigenvalue weighted by molar-refractivity contribution is 7.10. The summed E-state index contributed by atoms with van der Waals surface area (Å²) >= 11 is 1.00. The van der Waals surface area contributed by atoms with Crippen molar-refractivity contribution in [2.24, 2.45) is 0 Å². The Hall–Kier alpha value is -3.79. The molecule has 3 N–H and O–H groups in total. The van der Waals surface area contributed by atoms with Crippen molar-refractivity contribution in [1.29, 1.82) is 0 Å². The van der Waals surface area contributed by atoms with Gasteiger partial charge in [-0.3, -0.25) is 15.1 Å². The first-order valence-corrected chi connectivity index (χ1v) is 12.5. The number of piperidine rings is 1. The number of fused-ring (bicyclic) bond motifs is 1. The number of nitrogens with zero attached hydrogens (tertiary/aromatic N) is 4. The van der Waals surface area contributed by atoms with Gasteiger partial charge in [0.1, 0.15) is 0 Å². The van der Waals surface area contributed by atoms with Gasteiger partial charge >= 0.3 is 6.03 Å². The van der Waals surface area contributed by atoms with Gasteiger partial charge in [-0.25, -0.2) is 4.79 Å². The van der Waals surface area contributed by atoms with E-state index < -0.39 is 0 Å². The van der Waals surface area contributed by atoms with Gasteiger partial charge in [0.15, 0.2) is 10.7 Å². The van der Waals surface area contributed by atoms with Gasteiger partial charge in [-0.2, -0.15) is 0 Å². The lowest BCUT2D eigenvalue weighted by atomic mass is 9.97. The van der Waals surface area contributed by atoms with Gasteiger partial charge in [-0.15, -0.1) is 5.10 Å². The molecule has 4 heterocycles. The lowest BCUT2D eigenvalue weighted by molar-refractivity contribution is 0.0950. The van der Waals surface area contributed by atoms with Crippen LogP contribution < -0.4 is 10.6 Å². The zero-order chi connectivity index (χ0) is 24.2. The van der Waals surface area contributed by atoms with E-state index in [1.165, 1.54) is 5.56 Å². The predicted octanol–water partition coefficient (Wildman–Crippen LogP) is 4.45. The highest BCUT2D eigenvalue weighted by Gasteiger charge is 2.29. The number of urea groups is 1. The second kappa shape index (κ2) is 10.2. The Morgan fingerprint density at radius 2 is 2.17 bits per heavy atom. The number of aromatic nitrogens is 4. The molecule has 1 aliphatic heterocycles. The molecule has 0 radical (unpaired) electrons. The van der Waals surface area contributed by atoms with Crippen LogP contribution in [0.1, 0.15) is 52.5 Å². The van der Waals surface area contributed by atoms with Crippen LogP contribution in [-0.2, 0) is 6.42 Å². The third-order valence-corrected chi connectivity index (χ3v) is 7.00. The number of benzene rings is 1. The normalized spacial score (nSPS) is 15.8. The second-order valence-corrected chi connectivity index (χ2v) is 9.50. The van der Waals surface area contributed by atoms with E-state index in [2.05, 4.69) is 55.3 Å². The lowest BCUT2D eigenvalue weighted by Gasteiger charge is -2.35. The number of nitrogens with one attached hydrogen (secondary N) is 3. The van der Waals surface area contributed by atoms with Gasteiger partial charge in [-0.1, -0.05) is 22.2 Å². The smallest absolute Gasteiger partial charge is 0.323 e. The van der Waals surface area contributed by atoms with Crippen molar-refractivity contribution in [3.05, 3.63) is 71.3 Å². The maximum atomic E-state index is 13.2. The van der Waals surface area contributed by atoms with E-state index in [-0.39, 0.29) is 23.7 Å². The molecule has 10 heteroatoms. The van der Waals surface area contributed by atoms with Crippen LogP contribution in [0.2, 0.25) is 0 Å². The van der Waals surface area contributed by atoms with E-state index in [9.17, 15) is 9.59 Å². The summed E-state index contributed by atoms with van der Waals surface area (Å²) in [6, 6.07) is 9.84. The van der Waals surface area contributed by atoms with E-state index in [1.54, 1.807) is 17.3 Å². The summed E-state index contributed by atoms with van der Waals surface area (Å²) < 4.78 is 3.91. The van der Waals surface area contributed by atoms with Crippen molar-refractivity contribution in [2.45, 2.75) is 38.6 Å². The van der Waals surface area contributed by atoms with Crippen molar-refractivity contribution in [3.8, 4) is 0 Å². The highest BCUT2D eigenvalue weighted by Crippen LogP contribution is 2.31. The number of rotatable bonds is 6. The number of pyridine rings is 1. The summed E-state index contributed by atoms with van der Waals surface area (Å²) in [6.45, 7) is 3.15. The Morgan fingerprint density at radius 1 is 1.26 bits per heavy atom. The second-order valence-electron chi connectivity index (χ2n) is 8.74. The molecule has 4 aromatic rings. The Morgan fingerprint density at radius 3 is 3.03 bits per heavy atom. The van der Waals surface area contributed by atoms with Crippen LogP contribution in [0.25, 0.3) is 10.9 Å². The van der Waals surface area contributed by atoms with E-state index in [0.29, 0.717) is 24.5 Å². The number of likely N-dealkylation sites (tertiary alicyclic amines) is 1. The monoisotopic (exact) mass is 489 g/mol. The molecule has 1 aliphatic rings. The van der Waals surface area contributed by atoms with Crippen LogP contribution in [0, 0.1) is 6.92 Å². The van der Waals surface area contributed by atoms with Crippen molar-refractivity contribution in [3.63, 3.8) is 0 Å². The molecule has 180 valence electrons. The van der Waals surface area contributed by atoms with Gasteiger partial charge in [0.2, 0.25) is 0 Å². The topological polar surface area (TPSA) is 116 Å². The van der Waals surface area contributed by atoms with Crippen LogP contribution in [0.3, 0.4) is 0 Å². The first-order chi connectivity index (χ1) is 17.1. The molecule has 1 atom stereocenters. The third kappa shape index (κ3) is 5.02. The minimum Gasteiger partial charge on any atom is -0.361 e.